The van der Waals surface area contributed by atoms with Gasteiger partial charge in [0.2, 0.25) is 0 Å². The number of hydrogen-bond donors (Lipinski definition) is 0. The molecule has 6 aliphatic rings. The standard InChI is InChI=1S/C31H46O7/c1-16-9-12-31(35-15-16)17(2)25-24(38-31)14-23-22-8-7-20-13-21(36-18(3)32)10-11-29(20,5)26(22)27(34)28(30(23,25)6)37-19(4)33/h16-17,20-26,28H,7-15H2,1-6H3/t16?,17-,20-,21-,22-,23-,24-,25?,26?,28+,29-,30-,31+/m0/s1. The molecule has 7 heteroatoms. The van der Waals surface area contributed by atoms with Crippen molar-refractivity contribution in [2.24, 2.45) is 52.3 Å². The number of ether oxygens (including phenoxy) is 4. The lowest BCUT2D eigenvalue weighted by atomic mass is 9.43. The lowest BCUT2D eigenvalue weighted by Crippen LogP contribution is -2.65. The van der Waals surface area contributed by atoms with Gasteiger partial charge in [-0.25, -0.2) is 0 Å². The Labute approximate surface area is 227 Å². The molecule has 2 heterocycles. The van der Waals surface area contributed by atoms with Crippen LogP contribution in [0.15, 0.2) is 0 Å². The highest BCUT2D eigenvalue weighted by molar-refractivity contribution is 5.90. The average molecular weight is 531 g/mol. The summed E-state index contributed by atoms with van der Waals surface area (Å²) in [6, 6.07) is 0. The maximum Gasteiger partial charge on any atom is 0.303 e. The molecule has 6 rings (SSSR count). The molecule has 6 fully saturated rings. The van der Waals surface area contributed by atoms with E-state index < -0.39 is 17.3 Å². The van der Waals surface area contributed by atoms with Crippen LogP contribution in [-0.4, -0.2) is 48.4 Å². The third kappa shape index (κ3) is 3.69. The van der Waals surface area contributed by atoms with E-state index in [-0.39, 0.29) is 64.9 Å². The highest BCUT2D eigenvalue weighted by Gasteiger charge is 2.74. The summed E-state index contributed by atoms with van der Waals surface area (Å²) in [5, 5.41) is 0. The van der Waals surface area contributed by atoms with Gasteiger partial charge in [-0.2, -0.15) is 0 Å². The maximum absolute atomic E-state index is 14.6. The Balaban J connectivity index is 1.34. The van der Waals surface area contributed by atoms with Crippen LogP contribution in [0.2, 0.25) is 0 Å². The van der Waals surface area contributed by atoms with Crippen LogP contribution in [0.25, 0.3) is 0 Å². The third-order valence-corrected chi connectivity index (χ3v) is 12.3. The van der Waals surface area contributed by atoms with Gasteiger partial charge in [0.15, 0.2) is 17.7 Å². The summed E-state index contributed by atoms with van der Waals surface area (Å²) in [7, 11) is 0. The van der Waals surface area contributed by atoms with Crippen LogP contribution >= 0.6 is 0 Å². The minimum absolute atomic E-state index is 0.0169. The van der Waals surface area contributed by atoms with Crippen molar-refractivity contribution in [3.8, 4) is 0 Å². The molecule has 0 bridgehead atoms. The number of ketones is 1. The summed E-state index contributed by atoms with van der Waals surface area (Å²) in [6.45, 7) is 12.6. The first-order valence-corrected chi connectivity index (χ1v) is 15.1. The molecule has 3 unspecified atom stereocenters. The Morgan fingerprint density at radius 3 is 2.34 bits per heavy atom. The molecule has 0 aromatic carbocycles. The van der Waals surface area contributed by atoms with Gasteiger partial charge >= 0.3 is 11.9 Å². The van der Waals surface area contributed by atoms with Crippen molar-refractivity contribution in [1.29, 1.82) is 0 Å². The van der Waals surface area contributed by atoms with Gasteiger partial charge in [0.1, 0.15) is 6.10 Å². The van der Waals surface area contributed by atoms with E-state index in [1.165, 1.54) is 13.8 Å². The molecule has 38 heavy (non-hydrogen) atoms. The van der Waals surface area contributed by atoms with Crippen LogP contribution < -0.4 is 0 Å². The molecule has 0 amide bonds. The Bertz CT molecular complexity index is 1000. The Hall–Kier alpha value is -1.47. The minimum Gasteiger partial charge on any atom is -0.463 e. The van der Waals surface area contributed by atoms with Gasteiger partial charge in [0, 0.05) is 43.4 Å². The second-order valence-electron chi connectivity index (χ2n) is 14.3. The first kappa shape index (κ1) is 26.7. The lowest BCUT2D eigenvalue weighted by molar-refractivity contribution is -0.273. The molecular formula is C31H46O7. The monoisotopic (exact) mass is 530 g/mol. The molecular weight excluding hydrogens is 484 g/mol. The average Bonchev–Trinajstić information content (AvgIpc) is 3.29. The van der Waals surface area contributed by atoms with E-state index in [1.807, 2.05) is 0 Å². The van der Waals surface area contributed by atoms with Crippen molar-refractivity contribution in [3.05, 3.63) is 0 Å². The number of Topliss-reactive ketones (excluding diaryl/α,β-unsaturated/α-hetero) is 1. The molecule has 212 valence electrons. The smallest absolute Gasteiger partial charge is 0.303 e. The number of fused-ring (bicyclic) bond motifs is 7. The maximum atomic E-state index is 14.6. The number of hydrogen-bond acceptors (Lipinski definition) is 7. The molecule has 0 aromatic heterocycles. The Morgan fingerprint density at radius 1 is 0.947 bits per heavy atom. The molecule has 7 nitrogen and oxygen atoms in total. The SMILES string of the molecule is CC(=O)O[C@H]1CC[C@]2(C)C3C(=O)[C@@H](OC(C)=O)[C@]4(C)C5[C@H](C[C@H]4[C@@H]3CC[C@H]2C1)O[C@]1(CCC(C)CO1)[C@H]5C. The van der Waals surface area contributed by atoms with E-state index in [0.717, 1.165) is 51.4 Å². The first-order chi connectivity index (χ1) is 17.9. The molecule has 2 saturated heterocycles. The van der Waals surface area contributed by atoms with E-state index in [0.29, 0.717) is 18.4 Å². The first-order valence-electron chi connectivity index (χ1n) is 15.1. The van der Waals surface area contributed by atoms with Gasteiger partial charge < -0.3 is 18.9 Å². The molecule has 4 aliphatic carbocycles. The number of esters is 2. The van der Waals surface area contributed by atoms with Crippen LogP contribution in [0, 0.1) is 52.3 Å². The summed E-state index contributed by atoms with van der Waals surface area (Å²) in [4.78, 5) is 38.8. The molecule has 4 saturated carbocycles. The van der Waals surface area contributed by atoms with Gasteiger partial charge in [-0.1, -0.05) is 27.7 Å². The van der Waals surface area contributed by atoms with Crippen molar-refractivity contribution in [1.82, 2.24) is 0 Å². The van der Waals surface area contributed by atoms with E-state index in [9.17, 15) is 14.4 Å². The second-order valence-corrected chi connectivity index (χ2v) is 14.3. The zero-order chi connectivity index (χ0) is 27.2. The molecule has 1 spiro atoms. The minimum atomic E-state index is -0.758. The van der Waals surface area contributed by atoms with E-state index in [2.05, 4.69) is 27.7 Å². The Morgan fingerprint density at radius 2 is 1.68 bits per heavy atom. The predicted molar refractivity (Wildman–Crippen MR) is 139 cm³/mol. The van der Waals surface area contributed by atoms with Crippen LogP contribution in [0.5, 0.6) is 0 Å². The molecule has 0 aromatic rings. The lowest BCUT2D eigenvalue weighted by Gasteiger charge is -2.61. The number of carbonyl (C=O) groups excluding carboxylic acids is 3. The van der Waals surface area contributed by atoms with Crippen molar-refractivity contribution in [2.75, 3.05) is 6.61 Å². The number of rotatable bonds is 2. The topological polar surface area (TPSA) is 88.1 Å². The van der Waals surface area contributed by atoms with Gasteiger partial charge in [-0.3, -0.25) is 14.4 Å². The van der Waals surface area contributed by atoms with Crippen LogP contribution in [0.1, 0.15) is 92.9 Å². The largest absolute Gasteiger partial charge is 0.463 e. The fourth-order valence-electron chi connectivity index (χ4n) is 10.7. The number of carbonyl (C=O) groups is 3. The zero-order valence-electron chi connectivity index (χ0n) is 24.0. The summed E-state index contributed by atoms with van der Waals surface area (Å²) < 4.78 is 25.0. The van der Waals surface area contributed by atoms with Crippen LogP contribution in [0.4, 0.5) is 0 Å². The van der Waals surface area contributed by atoms with E-state index >= 15 is 0 Å². The quantitative estimate of drug-likeness (QED) is 0.460. The summed E-state index contributed by atoms with van der Waals surface area (Å²) >= 11 is 0. The van der Waals surface area contributed by atoms with Crippen molar-refractivity contribution in [2.45, 2.75) is 117 Å². The third-order valence-electron chi connectivity index (χ3n) is 12.3. The van der Waals surface area contributed by atoms with Gasteiger partial charge in [0.25, 0.3) is 0 Å². The predicted octanol–water partition coefficient (Wildman–Crippen LogP) is 5.09. The second kappa shape index (κ2) is 9.02. The van der Waals surface area contributed by atoms with Crippen LogP contribution in [0.3, 0.4) is 0 Å². The molecule has 0 radical (unpaired) electrons. The van der Waals surface area contributed by atoms with Crippen LogP contribution in [-0.2, 0) is 33.3 Å². The summed E-state index contributed by atoms with van der Waals surface area (Å²) in [5.74, 6) is 0.386. The fourth-order valence-corrected chi connectivity index (χ4v) is 10.7. The normalized spacial score (nSPS) is 53.5. The van der Waals surface area contributed by atoms with Crippen molar-refractivity contribution in [3.63, 3.8) is 0 Å². The summed E-state index contributed by atoms with van der Waals surface area (Å²) in [5.41, 5.74) is -0.646. The van der Waals surface area contributed by atoms with Gasteiger partial charge in [0.05, 0.1) is 12.7 Å². The summed E-state index contributed by atoms with van der Waals surface area (Å²) in [6.07, 6.45) is 6.54. The molecule has 13 atom stereocenters. The molecule has 2 aliphatic heterocycles. The highest BCUT2D eigenvalue weighted by Crippen LogP contribution is 2.71. The van der Waals surface area contributed by atoms with Gasteiger partial charge in [-0.15, -0.1) is 0 Å². The fraction of sp³-hybridized carbons (Fsp3) is 0.903. The van der Waals surface area contributed by atoms with E-state index in [1.54, 1.807) is 0 Å². The highest BCUT2D eigenvalue weighted by atomic mass is 16.7. The van der Waals surface area contributed by atoms with Crippen molar-refractivity contribution < 1.29 is 33.3 Å². The molecule has 0 N–H and O–H groups in total. The Kier molecular flexibility index (Phi) is 6.35. The van der Waals surface area contributed by atoms with Gasteiger partial charge in [-0.05, 0) is 74.0 Å². The van der Waals surface area contributed by atoms with E-state index in [4.69, 9.17) is 18.9 Å². The zero-order valence-corrected chi connectivity index (χ0v) is 24.0. The van der Waals surface area contributed by atoms with Crippen molar-refractivity contribution >= 4 is 17.7 Å².